The van der Waals surface area contributed by atoms with Gasteiger partial charge in [0, 0.05) is 16.1 Å². The van der Waals surface area contributed by atoms with Gasteiger partial charge in [-0.3, -0.25) is 0 Å². The monoisotopic (exact) mass is 334 g/mol. The number of ether oxygens (including phenoxy) is 1. The molecule has 0 N–H and O–H groups in total. The van der Waals surface area contributed by atoms with Crippen molar-refractivity contribution in [1.29, 1.82) is 0 Å². The van der Waals surface area contributed by atoms with Gasteiger partial charge in [0.2, 0.25) is 0 Å². The second-order valence-corrected chi connectivity index (χ2v) is 5.38. The van der Waals surface area contributed by atoms with E-state index in [2.05, 4.69) is 0 Å². The molecular formula is C14H10Cl4O. The zero-order chi connectivity index (χ0) is 13.8. The highest BCUT2D eigenvalue weighted by molar-refractivity contribution is 6.42. The molecule has 0 fully saturated rings. The number of halogens is 4. The van der Waals surface area contributed by atoms with Gasteiger partial charge in [-0.1, -0.05) is 46.9 Å². The first-order chi connectivity index (χ1) is 9.11. The topological polar surface area (TPSA) is 9.23 Å². The summed E-state index contributed by atoms with van der Waals surface area (Å²) in [5, 5.41) is 1.64. The summed E-state index contributed by atoms with van der Waals surface area (Å²) in [6.07, 6.45) is 0. The Labute approximate surface area is 132 Å². The molecule has 0 spiro atoms. The van der Waals surface area contributed by atoms with E-state index in [1.54, 1.807) is 24.3 Å². The molecule has 0 heterocycles. The van der Waals surface area contributed by atoms with Crippen molar-refractivity contribution in [1.82, 2.24) is 0 Å². The Bertz CT molecular complexity index is 584. The normalized spacial score (nSPS) is 10.5. The molecule has 5 heteroatoms. The standard InChI is InChI=1S/C14H10Cl4O/c15-7-10-6-11(16)4-5-13(10)19-8-9-2-1-3-12(17)14(9)18/h1-6H,7-8H2. The van der Waals surface area contributed by atoms with Gasteiger partial charge in [-0.15, -0.1) is 11.6 Å². The fourth-order valence-corrected chi connectivity index (χ4v) is 2.39. The summed E-state index contributed by atoms with van der Waals surface area (Å²) in [6, 6.07) is 10.8. The molecule has 0 aliphatic heterocycles. The minimum atomic E-state index is 0.324. The van der Waals surface area contributed by atoms with E-state index < -0.39 is 0 Å². The maximum Gasteiger partial charge on any atom is 0.124 e. The van der Waals surface area contributed by atoms with Crippen molar-refractivity contribution < 1.29 is 4.74 Å². The quantitative estimate of drug-likeness (QED) is 0.626. The van der Waals surface area contributed by atoms with Crippen LogP contribution in [0.25, 0.3) is 0 Å². The molecule has 0 aliphatic carbocycles. The fourth-order valence-electron chi connectivity index (χ4n) is 1.61. The highest BCUT2D eigenvalue weighted by atomic mass is 35.5. The van der Waals surface area contributed by atoms with E-state index in [4.69, 9.17) is 51.1 Å². The molecule has 0 saturated carbocycles. The van der Waals surface area contributed by atoms with Crippen LogP contribution in [0.1, 0.15) is 11.1 Å². The van der Waals surface area contributed by atoms with Crippen molar-refractivity contribution in [2.45, 2.75) is 12.5 Å². The first-order valence-corrected chi connectivity index (χ1v) is 7.18. The molecule has 0 saturated heterocycles. The molecule has 0 aromatic heterocycles. The van der Waals surface area contributed by atoms with E-state index in [9.17, 15) is 0 Å². The smallest absolute Gasteiger partial charge is 0.124 e. The highest BCUT2D eigenvalue weighted by Crippen LogP contribution is 2.29. The first kappa shape index (κ1) is 14.8. The molecule has 2 rings (SSSR count). The third kappa shape index (κ3) is 3.70. The van der Waals surface area contributed by atoms with Gasteiger partial charge in [-0.2, -0.15) is 0 Å². The van der Waals surface area contributed by atoms with Crippen LogP contribution >= 0.6 is 46.4 Å². The first-order valence-electron chi connectivity index (χ1n) is 5.52. The molecule has 19 heavy (non-hydrogen) atoms. The third-order valence-corrected chi connectivity index (χ3v) is 3.96. The molecule has 0 bridgehead atoms. The van der Waals surface area contributed by atoms with Crippen molar-refractivity contribution >= 4 is 46.4 Å². The van der Waals surface area contributed by atoms with Gasteiger partial charge in [0.05, 0.1) is 15.9 Å². The minimum Gasteiger partial charge on any atom is -0.489 e. The number of alkyl halides is 1. The van der Waals surface area contributed by atoms with Gasteiger partial charge in [-0.05, 0) is 24.3 Å². The van der Waals surface area contributed by atoms with Crippen molar-refractivity contribution in [3.63, 3.8) is 0 Å². The summed E-state index contributed by atoms with van der Waals surface area (Å²) in [7, 11) is 0. The maximum absolute atomic E-state index is 6.10. The molecule has 0 atom stereocenters. The number of rotatable bonds is 4. The van der Waals surface area contributed by atoms with Crippen molar-refractivity contribution in [2.75, 3.05) is 0 Å². The molecule has 1 nitrogen and oxygen atoms in total. The Balaban J connectivity index is 2.17. The van der Waals surface area contributed by atoms with Crippen molar-refractivity contribution in [2.24, 2.45) is 0 Å². The Kier molecular flexibility index (Phi) is 5.23. The minimum absolute atomic E-state index is 0.324. The lowest BCUT2D eigenvalue weighted by Crippen LogP contribution is -1.98. The third-order valence-electron chi connectivity index (χ3n) is 2.58. The lowest BCUT2D eigenvalue weighted by Gasteiger charge is -2.11. The number of hydrogen-bond donors (Lipinski definition) is 0. The van der Waals surface area contributed by atoms with Crippen LogP contribution in [-0.4, -0.2) is 0 Å². The van der Waals surface area contributed by atoms with E-state index in [1.807, 2.05) is 12.1 Å². The summed E-state index contributed by atoms with van der Waals surface area (Å²) >= 11 is 23.8. The molecule has 2 aromatic carbocycles. The predicted molar refractivity (Wildman–Crippen MR) is 81.8 cm³/mol. The lowest BCUT2D eigenvalue weighted by molar-refractivity contribution is 0.304. The second-order valence-electron chi connectivity index (χ2n) is 3.89. The molecule has 0 aliphatic rings. The van der Waals surface area contributed by atoms with Crippen molar-refractivity contribution in [3.8, 4) is 5.75 Å². The van der Waals surface area contributed by atoms with Crippen LogP contribution in [0.2, 0.25) is 15.1 Å². The molecule has 0 amide bonds. The maximum atomic E-state index is 6.10. The molecule has 2 aromatic rings. The summed E-state index contributed by atoms with van der Waals surface area (Å²) in [5.41, 5.74) is 1.66. The number of benzene rings is 2. The average Bonchev–Trinajstić information content (AvgIpc) is 2.41. The lowest BCUT2D eigenvalue weighted by atomic mass is 10.2. The van der Waals surface area contributed by atoms with E-state index in [0.29, 0.717) is 33.3 Å². The molecular weight excluding hydrogens is 326 g/mol. The number of hydrogen-bond acceptors (Lipinski definition) is 1. The van der Waals surface area contributed by atoms with Crippen LogP contribution in [0.4, 0.5) is 0 Å². The second kappa shape index (κ2) is 6.71. The highest BCUT2D eigenvalue weighted by Gasteiger charge is 2.08. The molecule has 0 unspecified atom stereocenters. The van der Waals surface area contributed by atoms with Gasteiger partial charge >= 0.3 is 0 Å². The summed E-state index contributed by atoms with van der Waals surface area (Å²) in [6.45, 7) is 0.324. The van der Waals surface area contributed by atoms with Crippen LogP contribution in [-0.2, 0) is 12.5 Å². The van der Waals surface area contributed by atoms with E-state index in [-0.39, 0.29) is 0 Å². The van der Waals surface area contributed by atoms with E-state index >= 15 is 0 Å². The van der Waals surface area contributed by atoms with Crippen LogP contribution in [0.15, 0.2) is 36.4 Å². The Morgan fingerprint density at radius 3 is 2.47 bits per heavy atom. The van der Waals surface area contributed by atoms with Crippen LogP contribution < -0.4 is 4.74 Å². The Hall–Kier alpha value is -0.600. The summed E-state index contributed by atoms with van der Waals surface area (Å²) < 4.78 is 5.72. The zero-order valence-corrected chi connectivity index (χ0v) is 12.8. The largest absolute Gasteiger partial charge is 0.489 e. The van der Waals surface area contributed by atoms with E-state index in [0.717, 1.165) is 11.1 Å². The van der Waals surface area contributed by atoms with Crippen LogP contribution in [0.3, 0.4) is 0 Å². The zero-order valence-electron chi connectivity index (χ0n) is 9.80. The van der Waals surface area contributed by atoms with Crippen LogP contribution in [0.5, 0.6) is 5.75 Å². The Morgan fingerprint density at radius 1 is 0.947 bits per heavy atom. The average molecular weight is 336 g/mol. The summed E-state index contributed by atoms with van der Waals surface area (Å²) in [5.74, 6) is 1.02. The van der Waals surface area contributed by atoms with Gasteiger partial charge in [0.1, 0.15) is 12.4 Å². The van der Waals surface area contributed by atoms with Gasteiger partial charge in [-0.25, -0.2) is 0 Å². The van der Waals surface area contributed by atoms with Gasteiger partial charge in [0.15, 0.2) is 0 Å². The van der Waals surface area contributed by atoms with Crippen molar-refractivity contribution in [3.05, 3.63) is 62.6 Å². The predicted octanol–water partition coefficient (Wildman–Crippen LogP) is 5.96. The Morgan fingerprint density at radius 2 is 1.74 bits per heavy atom. The van der Waals surface area contributed by atoms with E-state index in [1.165, 1.54) is 0 Å². The fraction of sp³-hybridized carbons (Fsp3) is 0.143. The SMILES string of the molecule is ClCc1cc(Cl)ccc1OCc1cccc(Cl)c1Cl. The van der Waals surface area contributed by atoms with Gasteiger partial charge in [0.25, 0.3) is 0 Å². The van der Waals surface area contributed by atoms with Crippen LogP contribution in [0, 0.1) is 0 Å². The summed E-state index contributed by atoms with van der Waals surface area (Å²) in [4.78, 5) is 0. The molecule has 100 valence electrons. The van der Waals surface area contributed by atoms with Gasteiger partial charge < -0.3 is 4.74 Å². The molecule has 0 radical (unpaired) electrons.